The number of hydrogen-bond acceptors (Lipinski definition) is 3. The highest BCUT2D eigenvalue weighted by molar-refractivity contribution is 7.15. The van der Waals surface area contributed by atoms with Gasteiger partial charge in [0.1, 0.15) is 5.01 Å². The minimum atomic E-state index is 0.651. The third-order valence-electron chi connectivity index (χ3n) is 2.87. The lowest BCUT2D eigenvalue weighted by atomic mass is 10.2. The summed E-state index contributed by atoms with van der Waals surface area (Å²) in [5.74, 6) is 0. The molecule has 0 amide bonds. The molecule has 1 aromatic heterocycles. The quantitative estimate of drug-likeness (QED) is 0.907. The summed E-state index contributed by atoms with van der Waals surface area (Å²) < 4.78 is 0. The van der Waals surface area contributed by atoms with Crippen molar-refractivity contribution in [3.05, 3.63) is 39.3 Å². The average Bonchev–Trinajstić information content (AvgIpc) is 3.06. The van der Waals surface area contributed by atoms with Crippen LogP contribution in [0.3, 0.4) is 0 Å². The van der Waals surface area contributed by atoms with Gasteiger partial charge < -0.3 is 5.32 Å². The van der Waals surface area contributed by atoms with E-state index < -0.39 is 0 Å². The van der Waals surface area contributed by atoms with Gasteiger partial charge in [0.25, 0.3) is 0 Å². The van der Waals surface area contributed by atoms with Gasteiger partial charge in [-0.2, -0.15) is 0 Å². The van der Waals surface area contributed by atoms with Crippen LogP contribution in [0.1, 0.15) is 17.7 Å². The minimum absolute atomic E-state index is 0.651. The molecule has 0 spiro atoms. The van der Waals surface area contributed by atoms with Gasteiger partial charge >= 0.3 is 0 Å². The molecule has 3 rings (SSSR count). The Balaban J connectivity index is 1.83. The lowest BCUT2D eigenvalue weighted by Crippen LogP contribution is -2.14. The summed E-state index contributed by atoms with van der Waals surface area (Å²) in [4.78, 5) is 5.63. The third kappa shape index (κ3) is 2.69. The van der Waals surface area contributed by atoms with Crippen molar-refractivity contribution < 1.29 is 0 Å². The van der Waals surface area contributed by atoms with Gasteiger partial charge in [0.05, 0.1) is 10.0 Å². The Hall–Kier alpha value is -0.610. The van der Waals surface area contributed by atoms with Gasteiger partial charge in [-0.1, -0.05) is 29.3 Å². The molecule has 2 nitrogen and oxygen atoms in total. The Labute approximate surface area is 120 Å². The van der Waals surface area contributed by atoms with Gasteiger partial charge in [-0.05, 0) is 25.0 Å². The summed E-state index contributed by atoms with van der Waals surface area (Å²) >= 11 is 14.0. The molecule has 0 saturated heterocycles. The Kier molecular flexibility index (Phi) is 3.57. The van der Waals surface area contributed by atoms with Crippen LogP contribution in [0.2, 0.25) is 10.0 Å². The van der Waals surface area contributed by atoms with E-state index in [1.807, 2.05) is 24.4 Å². The van der Waals surface area contributed by atoms with Crippen LogP contribution >= 0.6 is 34.5 Å². The number of rotatable bonds is 4. The smallest absolute Gasteiger partial charge is 0.126 e. The highest BCUT2D eigenvalue weighted by Crippen LogP contribution is 2.36. The molecule has 2 aromatic rings. The van der Waals surface area contributed by atoms with Gasteiger partial charge in [0, 0.05) is 29.2 Å². The lowest BCUT2D eigenvalue weighted by molar-refractivity contribution is 0.694. The molecule has 1 aliphatic rings. The fraction of sp³-hybridized carbons (Fsp3) is 0.308. The van der Waals surface area contributed by atoms with E-state index in [9.17, 15) is 0 Å². The van der Waals surface area contributed by atoms with Gasteiger partial charge in [-0.3, -0.25) is 0 Å². The monoisotopic (exact) mass is 298 g/mol. The van der Waals surface area contributed by atoms with Crippen molar-refractivity contribution in [2.24, 2.45) is 0 Å². The van der Waals surface area contributed by atoms with E-state index in [0.29, 0.717) is 16.1 Å². The zero-order valence-corrected chi connectivity index (χ0v) is 11.9. The zero-order chi connectivity index (χ0) is 12.5. The highest BCUT2D eigenvalue weighted by atomic mass is 35.5. The Morgan fingerprint density at radius 3 is 2.67 bits per heavy atom. The van der Waals surface area contributed by atoms with Gasteiger partial charge in [-0.15, -0.1) is 11.3 Å². The molecule has 0 bridgehead atoms. The van der Waals surface area contributed by atoms with Crippen LogP contribution in [0.5, 0.6) is 0 Å². The second-order valence-corrected chi connectivity index (χ2v) is 6.31. The maximum atomic E-state index is 6.18. The summed E-state index contributed by atoms with van der Waals surface area (Å²) in [7, 11) is 0. The Bertz CT molecular complexity index is 544. The van der Waals surface area contributed by atoms with Crippen LogP contribution in [-0.4, -0.2) is 11.0 Å². The Morgan fingerprint density at radius 2 is 2.00 bits per heavy atom. The fourth-order valence-corrected chi connectivity index (χ4v) is 3.36. The van der Waals surface area contributed by atoms with E-state index >= 15 is 0 Å². The van der Waals surface area contributed by atoms with Crippen LogP contribution in [0.15, 0.2) is 24.4 Å². The van der Waals surface area contributed by atoms with Crippen molar-refractivity contribution in [1.29, 1.82) is 0 Å². The first-order valence-electron chi connectivity index (χ1n) is 5.86. The first-order valence-corrected chi connectivity index (χ1v) is 7.44. The molecule has 1 fully saturated rings. The van der Waals surface area contributed by atoms with Crippen molar-refractivity contribution >= 4 is 34.5 Å². The van der Waals surface area contributed by atoms with Crippen LogP contribution < -0.4 is 5.32 Å². The van der Waals surface area contributed by atoms with E-state index in [1.54, 1.807) is 11.3 Å². The molecule has 0 unspecified atom stereocenters. The van der Waals surface area contributed by atoms with Crippen LogP contribution in [0.25, 0.3) is 10.6 Å². The van der Waals surface area contributed by atoms with Crippen molar-refractivity contribution in [2.75, 3.05) is 0 Å². The first kappa shape index (κ1) is 12.4. The maximum Gasteiger partial charge on any atom is 0.126 e. The van der Waals surface area contributed by atoms with Crippen molar-refractivity contribution in [2.45, 2.75) is 25.4 Å². The van der Waals surface area contributed by atoms with E-state index in [1.165, 1.54) is 17.7 Å². The number of thiazole rings is 1. The van der Waals surface area contributed by atoms with Crippen LogP contribution in [0.4, 0.5) is 0 Å². The fourth-order valence-electron chi connectivity index (χ4n) is 1.74. The summed E-state index contributed by atoms with van der Waals surface area (Å²) in [5.41, 5.74) is 0.837. The molecule has 0 atom stereocenters. The predicted octanol–water partition coefficient (Wildman–Crippen LogP) is 4.37. The number of aromatic nitrogens is 1. The van der Waals surface area contributed by atoms with Gasteiger partial charge in [0.15, 0.2) is 0 Å². The topological polar surface area (TPSA) is 24.9 Å². The maximum absolute atomic E-state index is 6.18. The SMILES string of the molecule is Clc1cccc(Cl)c1-c1ncc(CNC2CC2)s1. The second kappa shape index (κ2) is 5.17. The summed E-state index contributed by atoms with van der Waals surface area (Å²) in [6.45, 7) is 0.879. The van der Waals surface area contributed by atoms with Gasteiger partial charge in [-0.25, -0.2) is 4.98 Å². The number of halogens is 2. The molecule has 94 valence electrons. The molecular weight excluding hydrogens is 287 g/mol. The molecule has 1 heterocycles. The lowest BCUT2D eigenvalue weighted by Gasteiger charge is -2.02. The molecule has 5 heteroatoms. The molecule has 18 heavy (non-hydrogen) atoms. The average molecular weight is 299 g/mol. The van der Waals surface area contributed by atoms with Crippen molar-refractivity contribution in [1.82, 2.24) is 10.3 Å². The van der Waals surface area contributed by atoms with Crippen LogP contribution in [-0.2, 0) is 6.54 Å². The number of benzene rings is 1. The van der Waals surface area contributed by atoms with Crippen molar-refractivity contribution in [3.63, 3.8) is 0 Å². The largest absolute Gasteiger partial charge is 0.309 e. The van der Waals surface area contributed by atoms with Gasteiger partial charge in [0.2, 0.25) is 0 Å². The summed E-state index contributed by atoms with van der Waals surface area (Å²) in [5, 5.41) is 5.66. The molecule has 1 aliphatic carbocycles. The first-order chi connectivity index (χ1) is 8.74. The summed E-state index contributed by atoms with van der Waals surface area (Å²) in [6, 6.07) is 6.23. The zero-order valence-electron chi connectivity index (χ0n) is 9.62. The van der Waals surface area contributed by atoms with E-state index in [0.717, 1.165) is 17.1 Å². The molecule has 1 saturated carbocycles. The second-order valence-electron chi connectivity index (χ2n) is 4.38. The van der Waals surface area contributed by atoms with Crippen molar-refractivity contribution in [3.8, 4) is 10.6 Å². The number of nitrogens with one attached hydrogen (secondary N) is 1. The van der Waals surface area contributed by atoms with Crippen LogP contribution in [0, 0.1) is 0 Å². The highest BCUT2D eigenvalue weighted by Gasteiger charge is 2.20. The molecule has 0 radical (unpaired) electrons. The van der Waals surface area contributed by atoms with E-state index in [4.69, 9.17) is 23.2 Å². The van der Waals surface area contributed by atoms with E-state index in [2.05, 4.69) is 10.3 Å². The number of hydrogen-bond donors (Lipinski definition) is 1. The third-order valence-corrected chi connectivity index (χ3v) is 4.52. The predicted molar refractivity (Wildman–Crippen MR) is 77.4 cm³/mol. The summed E-state index contributed by atoms with van der Waals surface area (Å²) in [6.07, 6.45) is 4.49. The standard InChI is InChI=1S/C13H12Cl2N2S/c14-10-2-1-3-11(15)12(10)13-17-7-9(18-13)6-16-8-4-5-8/h1-3,7-8,16H,4-6H2. The van der Waals surface area contributed by atoms with E-state index in [-0.39, 0.29) is 0 Å². The molecular formula is C13H12Cl2N2S. The number of nitrogens with zero attached hydrogens (tertiary/aromatic N) is 1. The molecule has 0 aliphatic heterocycles. The molecule has 1 N–H and O–H groups in total. The minimum Gasteiger partial charge on any atom is -0.309 e. The molecule has 1 aromatic carbocycles. The Morgan fingerprint density at radius 1 is 1.28 bits per heavy atom. The normalized spacial score (nSPS) is 15.0.